The highest BCUT2D eigenvalue weighted by Crippen LogP contribution is 2.24. The second-order valence-electron chi connectivity index (χ2n) is 6.81. The average Bonchev–Trinajstić information content (AvgIpc) is 2.58. The fourth-order valence-corrected chi connectivity index (χ4v) is 2.08. The van der Waals surface area contributed by atoms with Crippen molar-refractivity contribution in [2.75, 3.05) is 0 Å². The summed E-state index contributed by atoms with van der Waals surface area (Å²) in [7, 11) is 0. The van der Waals surface area contributed by atoms with Crippen LogP contribution in [-0.2, 0) is 21.6 Å². The van der Waals surface area contributed by atoms with Crippen LogP contribution in [0.1, 0.15) is 38.8 Å². The molecule has 0 aromatic heterocycles. The number of hydroxylamine groups is 1. The van der Waals surface area contributed by atoms with Crippen molar-refractivity contribution in [1.29, 1.82) is 0 Å². The predicted molar refractivity (Wildman–Crippen MR) is 94.6 cm³/mol. The molecule has 0 aliphatic heterocycles. The zero-order valence-corrected chi connectivity index (χ0v) is 14.7. The molecule has 0 bridgehead atoms. The standard InChI is InChI=1S/C20H25NO3/c1-15(19(22)23-14-16-8-6-5-7-9-16)21-24-18-12-10-17(11-13-18)20(2,3)4/h5-13,15,21H,14H2,1-4H3. The highest BCUT2D eigenvalue weighted by atomic mass is 16.7. The summed E-state index contributed by atoms with van der Waals surface area (Å²) in [6.45, 7) is 8.44. The molecule has 4 nitrogen and oxygen atoms in total. The Hall–Kier alpha value is -2.33. The average molecular weight is 327 g/mol. The number of benzene rings is 2. The van der Waals surface area contributed by atoms with E-state index in [1.165, 1.54) is 5.56 Å². The van der Waals surface area contributed by atoms with Crippen LogP contribution in [0, 0.1) is 0 Å². The Balaban J connectivity index is 1.79. The van der Waals surface area contributed by atoms with Gasteiger partial charge in [-0.15, -0.1) is 5.48 Å². The first-order valence-electron chi connectivity index (χ1n) is 8.10. The number of ether oxygens (including phenoxy) is 1. The van der Waals surface area contributed by atoms with Crippen LogP contribution in [0.5, 0.6) is 5.75 Å². The molecule has 2 aromatic carbocycles. The molecule has 4 heteroatoms. The molecule has 0 aliphatic rings. The maximum absolute atomic E-state index is 12.0. The molecule has 24 heavy (non-hydrogen) atoms. The normalized spacial score (nSPS) is 12.5. The number of rotatable bonds is 6. The molecule has 0 amide bonds. The van der Waals surface area contributed by atoms with E-state index in [9.17, 15) is 4.79 Å². The summed E-state index contributed by atoms with van der Waals surface area (Å²) in [6.07, 6.45) is 0. The first-order chi connectivity index (χ1) is 11.4. The van der Waals surface area contributed by atoms with Crippen LogP contribution in [0.4, 0.5) is 0 Å². The Morgan fingerprint density at radius 3 is 2.25 bits per heavy atom. The third-order valence-electron chi connectivity index (χ3n) is 3.65. The summed E-state index contributed by atoms with van der Waals surface area (Å²) in [6, 6.07) is 16.8. The molecule has 0 heterocycles. The molecule has 1 N–H and O–H groups in total. The molecule has 2 rings (SSSR count). The summed E-state index contributed by atoms with van der Waals surface area (Å²) < 4.78 is 5.26. The molecule has 0 spiro atoms. The first-order valence-corrected chi connectivity index (χ1v) is 8.10. The van der Waals surface area contributed by atoms with Gasteiger partial charge in [0.1, 0.15) is 18.4 Å². The van der Waals surface area contributed by atoms with Gasteiger partial charge < -0.3 is 9.57 Å². The quantitative estimate of drug-likeness (QED) is 0.643. The highest BCUT2D eigenvalue weighted by molar-refractivity contribution is 5.75. The summed E-state index contributed by atoms with van der Waals surface area (Å²) in [5, 5.41) is 0. The molecule has 1 atom stereocenters. The number of carbonyl (C=O) groups is 1. The van der Waals surface area contributed by atoms with Gasteiger partial charge in [-0.1, -0.05) is 63.2 Å². The Morgan fingerprint density at radius 1 is 1.04 bits per heavy atom. The fourth-order valence-electron chi connectivity index (χ4n) is 2.08. The lowest BCUT2D eigenvalue weighted by atomic mass is 9.87. The van der Waals surface area contributed by atoms with Gasteiger partial charge in [-0.2, -0.15) is 0 Å². The second kappa shape index (κ2) is 7.97. The molecular weight excluding hydrogens is 302 g/mol. The van der Waals surface area contributed by atoms with Gasteiger partial charge in [0, 0.05) is 0 Å². The highest BCUT2D eigenvalue weighted by Gasteiger charge is 2.16. The van der Waals surface area contributed by atoms with Gasteiger partial charge in [-0.25, -0.2) is 0 Å². The Morgan fingerprint density at radius 2 is 1.67 bits per heavy atom. The SMILES string of the molecule is CC(NOc1ccc(C(C)(C)C)cc1)C(=O)OCc1ccccc1. The number of hydrogen-bond donors (Lipinski definition) is 1. The van der Waals surface area contributed by atoms with Crippen LogP contribution >= 0.6 is 0 Å². The monoisotopic (exact) mass is 327 g/mol. The van der Waals surface area contributed by atoms with Crippen LogP contribution < -0.4 is 10.3 Å². The summed E-state index contributed by atoms with van der Waals surface area (Å²) in [4.78, 5) is 17.4. The molecule has 2 aromatic rings. The maximum atomic E-state index is 12.0. The van der Waals surface area contributed by atoms with Crippen LogP contribution in [0.3, 0.4) is 0 Å². The van der Waals surface area contributed by atoms with E-state index in [4.69, 9.17) is 9.57 Å². The van der Waals surface area contributed by atoms with Gasteiger partial charge in [0.15, 0.2) is 0 Å². The second-order valence-corrected chi connectivity index (χ2v) is 6.81. The van der Waals surface area contributed by atoms with Crippen molar-refractivity contribution in [2.45, 2.75) is 45.8 Å². The predicted octanol–water partition coefficient (Wildman–Crippen LogP) is 4.00. The van der Waals surface area contributed by atoms with Gasteiger partial charge in [-0.3, -0.25) is 4.79 Å². The van der Waals surface area contributed by atoms with E-state index in [1.54, 1.807) is 6.92 Å². The molecule has 0 aliphatic carbocycles. The van der Waals surface area contributed by atoms with Gasteiger partial charge in [0.25, 0.3) is 0 Å². The van der Waals surface area contributed by atoms with E-state index in [2.05, 4.69) is 26.3 Å². The van der Waals surface area contributed by atoms with Crippen LogP contribution in [0.15, 0.2) is 54.6 Å². The van der Waals surface area contributed by atoms with Gasteiger partial charge in [0.2, 0.25) is 0 Å². The lowest BCUT2D eigenvalue weighted by Crippen LogP contribution is -2.37. The van der Waals surface area contributed by atoms with E-state index in [-0.39, 0.29) is 18.0 Å². The van der Waals surface area contributed by atoms with Crippen molar-refractivity contribution < 1.29 is 14.4 Å². The van der Waals surface area contributed by atoms with Crippen molar-refractivity contribution >= 4 is 5.97 Å². The number of carbonyl (C=O) groups excluding carboxylic acids is 1. The third kappa shape index (κ3) is 5.39. The molecule has 0 fully saturated rings. The smallest absolute Gasteiger partial charge is 0.326 e. The van der Waals surface area contributed by atoms with Crippen molar-refractivity contribution in [3.63, 3.8) is 0 Å². The van der Waals surface area contributed by atoms with E-state index < -0.39 is 6.04 Å². The topological polar surface area (TPSA) is 47.6 Å². The van der Waals surface area contributed by atoms with Crippen molar-refractivity contribution in [3.8, 4) is 5.75 Å². The van der Waals surface area contributed by atoms with E-state index in [0.717, 1.165) is 5.56 Å². The van der Waals surface area contributed by atoms with Gasteiger partial charge in [-0.05, 0) is 35.6 Å². The number of nitrogens with one attached hydrogen (secondary N) is 1. The summed E-state index contributed by atoms with van der Waals surface area (Å²) in [5.41, 5.74) is 5.00. The molecule has 1 unspecified atom stereocenters. The molecule has 0 saturated heterocycles. The van der Waals surface area contributed by atoms with Crippen LogP contribution in [0.25, 0.3) is 0 Å². The minimum absolute atomic E-state index is 0.0977. The number of esters is 1. The lowest BCUT2D eigenvalue weighted by Gasteiger charge is -2.19. The van der Waals surface area contributed by atoms with E-state index >= 15 is 0 Å². The van der Waals surface area contributed by atoms with Crippen molar-refractivity contribution in [3.05, 3.63) is 65.7 Å². The summed E-state index contributed by atoms with van der Waals surface area (Å²) in [5.74, 6) is 0.302. The molecule has 0 saturated carbocycles. The lowest BCUT2D eigenvalue weighted by molar-refractivity contribution is -0.149. The zero-order valence-electron chi connectivity index (χ0n) is 14.7. The molecule has 0 radical (unpaired) electrons. The van der Waals surface area contributed by atoms with E-state index in [0.29, 0.717) is 5.75 Å². The van der Waals surface area contributed by atoms with Crippen LogP contribution in [0.2, 0.25) is 0 Å². The Kier molecular flexibility index (Phi) is 5.99. The molecular formula is C20H25NO3. The maximum Gasteiger partial charge on any atom is 0.326 e. The third-order valence-corrected chi connectivity index (χ3v) is 3.65. The Labute approximate surface area is 143 Å². The fraction of sp³-hybridized carbons (Fsp3) is 0.350. The Bertz CT molecular complexity index is 645. The van der Waals surface area contributed by atoms with Gasteiger partial charge in [0.05, 0.1) is 0 Å². The summed E-state index contributed by atoms with van der Waals surface area (Å²) >= 11 is 0. The van der Waals surface area contributed by atoms with Gasteiger partial charge >= 0.3 is 5.97 Å². The molecule has 128 valence electrons. The van der Waals surface area contributed by atoms with E-state index in [1.807, 2.05) is 54.6 Å². The minimum Gasteiger partial charge on any atom is -0.460 e. The van der Waals surface area contributed by atoms with Crippen molar-refractivity contribution in [2.24, 2.45) is 0 Å². The largest absolute Gasteiger partial charge is 0.460 e. The van der Waals surface area contributed by atoms with Crippen LogP contribution in [-0.4, -0.2) is 12.0 Å². The number of hydrogen-bond acceptors (Lipinski definition) is 4. The minimum atomic E-state index is -0.559. The van der Waals surface area contributed by atoms with Crippen molar-refractivity contribution in [1.82, 2.24) is 5.48 Å². The first kappa shape index (κ1) is 18.0. The zero-order chi connectivity index (χ0) is 17.6.